The molecule has 1 aliphatic rings. The molecule has 1 saturated heterocycles. The van der Waals surface area contributed by atoms with Gasteiger partial charge in [-0.1, -0.05) is 42.5 Å². The van der Waals surface area contributed by atoms with E-state index in [4.69, 9.17) is 0 Å². The Bertz CT molecular complexity index is 927. The van der Waals surface area contributed by atoms with E-state index < -0.39 is 0 Å². The first-order valence-electron chi connectivity index (χ1n) is 8.89. The van der Waals surface area contributed by atoms with Crippen LogP contribution in [0.3, 0.4) is 0 Å². The molecule has 0 aliphatic carbocycles. The number of fused-ring (bicyclic) bond motifs is 1. The van der Waals surface area contributed by atoms with Crippen LogP contribution in [0.2, 0.25) is 0 Å². The van der Waals surface area contributed by atoms with Crippen LogP contribution in [0.15, 0.2) is 54.6 Å². The van der Waals surface area contributed by atoms with Crippen molar-refractivity contribution < 1.29 is 4.79 Å². The average molecular weight is 346 g/mol. The van der Waals surface area contributed by atoms with Crippen molar-refractivity contribution in [2.45, 2.75) is 19.4 Å². The SMILES string of the molecule is Cc1ccc(N2CC(N(C)C(=O)Cc3cccc4ccccc34)C2)nn1. The molecule has 1 amide bonds. The van der Waals surface area contributed by atoms with Gasteiger partial charge in [-0.05, 0) is 35.4 Å². The lowest BCUT2D eigenvalue weighted by atomic mass is 10.0. The van der Waals surface area contributed by atoms with Crippen molar-refractivity contribution in [1.82, 2.24) is 15.1 Å². The molecule has 2 aromatic carbocycles. The zero-order chi connectivity index (χ0) is 18.1. The first kappa shape index (κ1) is 16.5. The number of hydrogen-bond donors (Lipinski definition) is 0. The number of anilines is 1. The van der Waals surface area contributed by atoms with Crippen molar-refractivity contribution in [3.05, 3.63) is 65.9 Å². The highest BCUT2D eigenvalue weighted by Crippen LogP contribution is 2.23. The zero-order valence-electron chi connectivity index (χ0n) is 15.1. The van der Waals surface area contributed by atoms with Gasteiger partial charge in [0.1, 0.15) is 0 Å². The quantitative estimate of drug-likeness (QED) is 0.729. The van der Waals surface area contributed by atoms with E-state index in [0.717, 1.165) is 35.6 Å². The predicted octanol–water partition coefficient (Wildman–Crippen LogP) is 2.83. The van der Waals surface area contributed by atoms with E-state index in [0.29, 0.717) is 6.42 Å². The normalized spacial score (nSPS) is 14.3. The van der Waals surface area contributed by atoms with Crippen molar-refractivity contribution in [2.24, 2.45) is 0 Å². The van der Waals surface area contributed by atoms with Crippen LogP contribution < -0.4 is 4.90 Å². The number of aromatic nitrogens is 2. The summed E-state index contributed by atoms with van der Waals surface area (Å²) in [5.74, 6) is 1.03. The Morgan fingerprint density at radius 2 is 1.85 bits per heavy atom. The highest BCUT2D eigenvalue weighted by molar-refractivity contribution is 5.90. The Morgan fingerprint density at radius 1 is 1.08 bits per heavy atom. The van der Waals surface area contributed by atoms with Gasteiger partial charge in [0.15, 0.2) is 5.82 Å². The van der Waals surface area contributed by atoms with Gasteiger partial charge in [-0.15, -0.1) is 5.10 Å². The van der Waals surface area contributed by atoms with E-state index in [1.807, 2.05) is 55.3 Å². The molecule has 3 aromatic rings. The summed E-state index contributed by atoms with van der Waals surface area (Å²) in [5.41, 5.74) is 1.99. The highest BCUT2D eigenvalue weighted by Gasteiger charge is 2.33. The second-order valence-electron chi connectivity index (χ2n) is 6.91. The van der Waals surface area contributed by atoms with Gasteiger partial charge in [-0.3, -0.25) is 4.79 Å². The third-order valence-corrected chi connectivity index (χ3v) is 5.13. The zero-order valence-corrected chi connectivity index (χ0v) is 15.1. The minimum absolute atomic E-state index is 0.154. The van der Waals surface area contributed by atoms with E-state index in [2.05, 4.69) is 33.3 Å². The minimum Gasteiger partial charge on any atom is -0.351 e. The standard InChI is InChI=1S/C21H22N4O/c1-15-10-11-20(23-22-15)25-13-18(14-25)24(2)21(26)12-17-8-5-7-16-6-3-4-9-19(16)17/h3-11,18H,12-14H2,1-2H3. The first-order chi connectivity index (χ1) is 12.6. The van der Waals surface area contributed by atoms with E-state index in [-0.39, 0.29) is 11.9 Å². The van der Waals surface area contributed by atoms with Crippen LogP contribution >= 0.6 is 0 Å². The summed E-state index contributed by atoms with van der Waals surface area (Å²) in [5, 5.41) is 10.6. The van der Waals surface area contributed by atoms with Gasteiger partial charge in [0.2, 0.25) is 5.91 Å². The summed E-state index contributed by atoms with van der Waals surface area (Å²) in [6.07, 6.45) is 0.429. The number of hydrogen-bond acceptors (Lipinski definition) is 4. The van der Waals surface area contributed by atoms with Crippen molar-refractivity contribution in [2.75, 3.05) is 25.0 Å². The Hall–Kier alpha value is -2.95. The van der Waals surface area contributed by atoms with Crippen LogP contribution in [0.4, 0.5) is 5.82 Å². The van der Waals surface area contributed by atoms with Crippen LogP contribution in [0.1, 0.15) is 11.3 Å². The highest BCUT2D eigenvalue weighted by atomic mass is 16.2. The van der Waals surface area contributed by atoms with Gasteiger partial charge in [0, 0.05) is 20.1 Å². The second-order valence-corrected chi connectivity index (χ2v) is 6.91. The van der Waals surface area contributed by atoms with Crippen LogP contribution in [0.25, 0.3) is 10.8 Å². The predicted molar refractivity (Wildman–Crippen MR) is 103 cm³/mol. The number of benzene rings is 2. The third kappa shape index (κ3) is 3.12. The molecule has 0 saturated carbocycles. The molecule has 4 rings (SSSR count). The topological polar surface area (TPSA) is 49.3 Å². The lowest BCUT2D eigenvalue weighted by molar-refractivity contribution is -0.131. The van der Waals surface area contributed by atoms with Crippen LogP contribution in [-0.4, -0.2) is 47.2 Å². The number of likely N-dealkylation sites (N-methyl/N-ethyl adjacent to an activating group) is 1. The molecular weight excluding hydrogens is 324 g/mol. The largest absolute Gasteiger partial charge is 0.351 e. The molecule has 1 aliphatic heterocycles. The van der Waals surface area contributed by atoms with Crippen molar-refractivity contribution >= 4 is 22.5 Å². The summed E-state index contributed by atoms with van der Waals surface area (Å²) in [4.78, 5) is 16.8. The lowest BCUT2D eigenvalue weighted by Gasteiger charge is -2.44. The van der Waals surface area contributed by atoms with Gasteiger partial charge in [0.25, 0.3) is 0 Å². The van der Waals surface area contributed by atoms with Crippen molar-refractivity contribution in [3.8, 4) is 0 Å². The van der Waals surface area contributed by atoms with Crippen molar-refractivity contribution in [1.29, 1.82) is 0 Å². The maximum absolute atomic E-state index is 12.8. The third-order valence-electron chi connectivity index (χ3n) is 5.13. The number of rotatable bonds is 4. The number of aryl methyl sites for hydroxylation is 1. The molecule has 0 unspecified atom stereocenters. The lowest BCUT2D eigenvalue weighted by Crippen LogP contribution is -2.60. The van der Waals surface area contributed by atoms with Crippen molar-refractivity contribution in [3.63, 3.8) is 0 Å². The molecule has 0 atom stereocenters. The molecule has 1 fully saturated rings. The number of carbonyl (C=O) groups is 1. The van der Waals surface area contributed by atoms with E-state index in [1.54, 1.807) is 0 Å². The number of carbonyl (C=O) groups excluding carboxylic acids is 1. The number of amides is 1. The van der Waals surface area contributed by atoms with E-state index in [1.165, 1.54) is 5.39 Å². The molecule has 0 spiro atoms. The van der Waals surface area contributed by atoms with Gasteiger partial charge in [-0.2, -0.15) is 5.10 Å². The Balaban J connectivity index is 1.40. The molecule has 1 aromatic heterocycles. The molecule has 26 heavy (non-hydrogen) atoms. The maximum Gasteiger partial charge on any atom is 0.227 e. The number of nitrogens with zero attached hydrogens (tertiary/aromatic N) is 4. The monoisotopic (exact) mass is 346 g/mol. The fraction of sp³-hybridized carbons (Fsp3) is 0.286. The maximum atomic E-state index is 12.8. The van der Waals surface area contributed by atoms with E-state index >= 15 is 0 Å². The van der Waals surface area contributed by atoms with Crippen LogP contribution in [-0.2, 0) is 11.2 Å². The molecule has 5 nitrogen and oxygen atoms in total. The fourth-order valence-corrected chi connectivity index (χ4v) is 3.39. The van der Waals surface area contributed by atoms with Gasteiger partial charge in [0.05, 0.1) is 18.2 Å². The fourth-order valence-electron chi connectivity index (χ4n) is 3.39. The van der Waals surface area contributed by atoms with Gasteiger partial charge < -0.3 is 9.80 Å². The summed E-state index contributed by atoms with van der Waals surface area (Å²) in [7, 11) is 1.90. The molecule has 0 bridgehead atoms. The summed E-state index contributed by atoms with van der Waals surface area (Å²) >= 11 is 0. The van der Waals surface area contributed by atoms with Crippen LogP contribution in [0, 0.1) is 6.92 Å². The molecule has 2 heterocycles. The second kappa shape index (κ2) is 6.75. The van der Waals surface area contributed by atoms with Gasteiger partial charge in [-0.25, -0.2) is 0 Å². The Morgan fingerprint density at radius 3 is 2.62 bits per heavy atom. The van der Waals surface area contributed by atoms with Crippen LogP contribution in [0.5, 0.6) is 0 Å². The summed E-state index contributed by atoms with van der Waals surface area (Å²) < 4.78 is 0. The molecule has 5 heteroatoms. The first-order valence-corrected chi connectivity index (χ1v) is 8.89. The Kier molecular flexibility index (Phi) is 4.29. The molecule has 0 N–H and O–H groups in total. The summed E-state index contributed by atoms with van der Waals surface area (Å²) in [6.45, 7) is 3.53. The molecule has 0 radical (unpaired) electrons. The van der Waals surface area contributed by atoms with Gasteiger partial charge >= 0.3 is 0 Å². The molecular formula is C21H22N4O. The Labute approximate surface area is 153 Å². The average Bonchev–Trinajstić information content (AvgIpc) is 2.62. The molecule has 132 valence electrons. The van der Waals surface area contributed by atoms with E-state index in [9.17, 15) is 4.79 Å². The summed E-state index contributed by atoms with van der Waals surface area (Å²) in [6, 6.07) is 18.5. The minimum atomic E-state index is 0.154. The smallest absolute Gasteiger partial charge is 0.227 e.